The Morgan fingerprint density at radius 3 is 2.69 bits per heavy atom. The second-order valence-corrected chi connectivity index (χ2v) is 5.03. The molecule has 0 aliphatic heterocycles. The maximum absolute atomic E-state index is 9.57. The first-order valence-electron chi connectivity index (χ1n) is 5.55. The van der Waals surface area contributed by atoms with E-state index in [0.29, 0.717) is 12.3 Å². The Bertz CT molecular complexity index is 302. The Morgan fingerprint density at radius 2 is 2.19 bits per heavy atom. The van der Waals surface area contributed by atoms with Gasteiger partial charge >= 0.3 is 0 Å². The number of thioether (sulfide) groups is 1. The van der Waals surface area contributed by atoms with Gasteiger partial charge in [-0.2, -0.15) is 0 Å². The third-order valence-corrected chi connectivity index (χ3v) is 3.64. The molecule has 1 aromatic rings. The molecule has 1 aromatic heterocycles. The molecule has 4 heteroatoms. The van der Waals surface area contributed by atoms with Crippen LogP contribution in [0.3, 0.4) is 0 Å². The van der Waals surface area contributed by atoms with E-state index >= 15 is 0 Å². The van der Waals surface area contributed by atoms with Crippen molar-refractivity contribution >= 4 is 11.8 Å². The van der Waals surface area contributed by atoms with Crippen LogP contribution < -0.4 is 0 Å². The molecular weight excluding hydrogens is 222 g/mol. The number of rotatable bonds is 6. The molecule has 0 spiro atoms. The van der Waals surface area contributed by atoms with E-state index in [1.54, 1.807) is 18.0 Å². The van der Waals surface area contributed by atoms with Crippen LogP contribution in [0.1, 0.15) is 32.1 Å². The van der Waals surface area contributed by atoms with Gasteiger partial charge in [-0.25, -0.2) is 0 Å². The molecule has 0 aliphatic rings. The summed E-state index contributed by atoms with van der Waals surface area (Å²) >= 11 is 1.68. The lowest BCUT2D eigenvalue weighted by molar-refractivity contribution is 0.169. The predicted molar refractivity (Wildman–Crippen MR) is 66.5 cm³/mol. The monoisotopic (exact) mass is 241 g/mol. The zero-order valence-electron chi connectivity index (χ0n) is 9.76. The number of hydrogen-bond acceptors (Lipinski definition) is 4. The highest BCUT2D eigenvalue weighted by Crippen LogP contribution is 2.21. The predicted octanol–water partition coefficient (Wildman–Crippen LogP) is 2.25. The normalized spacial score (nSPS) is 14.8. The van der Waals surface area contributed by atoms with Gasteiger partial charge in [0.15, 0.2) is 0 Å². The molecule has 0 amide bonds. The Balaban J connectivity index is 2.51. The first-order valence-corrected chi connectivity index (χ1v) is 6.53. The van der Waals surface area contributed by atoms with E-state index in [1.807, 2.05) is 26.0 Å². The maximum atomic E-state index is 9.57. The van der Waals surface area contributed by atoms with Crippen molar-refractivity contribution in [2.75, 3.05) is 12.4 Å². The van der Waals surface area contributed by atoms with Crippen LogP contribution in [0, 0.1) is 5.92 Å². The van der Waals surface area contributed by atoms with E-state index in [0.717, 1.165) is 16.3 Å². The summed E-state index contributed by atoms with van der Waals surface area (Å²) in [6.45, 7) is 4.15. The molecule has 0 fully saturated rings. The van der Waals surface area contributed by atoms with Gasteiger partial charge in [-0.3, -0.25) is 4.98 Å². The van der Waals surface area contributed by atoms with Crippen molar-refractivity contribution in [1.29, 1.82) is 0 Å². The first-order chi connectivity index (χ1) is 7.67. The molecule has 0 aromatic carbocycles. The first kappa shape index (κ1) is 13.5. The van der Waals surface area contributed by atoms with E-state index in [2.05, 4.69) is 4.98 Å². The molecule has 16 heavy (non-hydrogen) atoms. The summed E-state index contributed by atoms with van der Waals surface area (Å²) in [5.41, 5.74) is 0.724. The number of aliphatic hydroxyl groups excluding tert-OH is 2. The Morgan fingerprint density at radius 1 is 1.44 bits per heavy atom. The number of aromatic nitrogens is 1. The van der Waals surface area contributed by atoms with Crippen LogP contribution in [0.4, 0.5) is 0 Å². The van der Waals surface area contributed by atoms with Gasteiger partial charge in [0.25, 0.3) is 0 Å². The standard InChI is InChI=1S/C12H19NO2S/c1-3-12(15)11-5-4-10(6-13-11)16-8-9(2)7-14/h4-6,9,12,14-15H,3,7-8H2,1-2H3/t9?,12-/m1/s1. The van der Waals surface area contributed by atoms with E-state index in [-0.39, 0.29) is 6.61 Å². The molecule has 1 rings (SSSR count). The van der Waals surface area contributed by atoms with Crippen LogP contribution in [-0.2, 0) is 0 Å². The van der Waals surface area contributed by atoms with Crippen molar-refractivity contribution in [2.45, 2.75) is 31.3 Å². The molecule has 0 bridgehead atoms. The quantitative estimate of drug-likeness (QED) is 0.750. The fraction of sp³-hybridized carbons (Fsp3) is 0.583. The fourth-order valence-electron chi connectivity index (χ4n) is 1.17. The topological polar surface area (TPSA) is 53.4 Å². The van der Waals surface area contributed by atoms with Gasteiger partial charge in [-0.05, 0) is 24.5 Å². The number of hydrogen-bond donors (Lipinski definition) is 2. The largest absolute Gasteiger partial charge is 0.396 e. The SMILES string of the molecule is CC[C@@H](O)c1ccc(SCC(C)CO)cn1. The summed E-state index contributed by atoms with van der Waals surface area (Å²) in [5.74, 6) is 1.18. The second kappa shape index (κ2) is 6.89. The van der Waals surface area contributed by atoms with Crippen molar-refractivity contribution in [3.63, 3.8) is 0 Å². The summed E-state index contributed by atoms with van der Waals surface area (Å²) in [6, 6.07) is 3.83. The summed E-state index contributed by atoms with van der Waals surface area (Å²) in [4.78, 5) is 5.30. The van der Waals surface area contributed by atoms with Crippen LogP contribution in [0.25, 0.3) is 0 Å². The third-order valence-electron chi connectivity index (χ3n) is 2.33. The summed E-state index contributed by atoms with van der Waals surface area (Å²) in [7, 11) is 0. The third kappa shape index (κ3) is 4.12. The molecule has 0 aliphatic carbocycles. The summed E-state index contributed by atoms with van der Waals surface area (Å²) in [5, 5.41) is 18.5. The molecule has 90 valence electrons. The van der Waals surface area contributed by atoms with Gasteiger partial charge in [0.05, 0.1) is 11.8 Å². The van der Waals surface area contributed by atoms with Gasteiger partial charge < -0.3 is 10.2 Å². The van der Waals surface area contributed by atoms with E-state index in [1.165, 1.54) is 0 Å². The number of nitrogens with zero attached hydrogens (tertiary/aromatic N) is 1. The zero-order valence-corrected chi connectivity index (χ0v) is 10.6. The molecule has 1 heterocycles. The molecule has 0 saturated heterocycles. The lowest BCUT2D eigenvalue weighted by Crippen LogP contribution is -2.03. The molecule has 0 radical (unpaired) electrons. The molecule has 3 nitrogen and oxygen atoms in total. The lowest BCUT2D eigenvalue weighted by atomic mass is 10.2. The molecular formula is C12H19NO2S. The Hall–Kier alpha value is -0.580. The van der Waals surface area contributed by atoms with Gasteiger partial charge in [0.1, 0.15) is 0 Å². The Labute approximate surface area is 101 Å². The lowest BCUT2D eigenvalue weighted by Gasteiger charge is -2.09. The second-order valence-electron chi connectivity index (χ2n) is 3.94. The highest BCUT2D eigenvalue weighted by molar-refractivity contribution is 7.99. The molecule has 0 saturated carbocycles. The van der Waals surface area contributed by atoms with Gasteiger partial charge in [-0.15, -0.1) is 11.8 Å². The van der Waals surface area contributed by atoms with Crippen LogP contribution in [0.5, 0.6) is 0 Å². The van der Waals surface area contributed by atoms with E-state index in [9.17, 15) is 5.11 Å². The zero-order chi connectivity index (χ0) is 12.0. The van der Waals surface area contributed by atoms with Crippen LogP contribution in [0.15, 0.2) is 23.2 Å². The van der Waals surface area contributed by atoms with Crippen molar-refractivity contribution in [1.82, 2.24) is 4.98 Å². The minimum atomic E-state index is -0.463. The van der Waals surface area contributed by atoms with Crippen molar-refractivity contribution in [3.05, 3.63) is 24.0 Å². The number of pyridine rings is 1. The van der Waals surface area contributed by atoms with Crippen molar-refractivity contribution in [2.24, 2.45) is 5.92 Å². The van der Waals surface area contributed by atoms with Crippen LogP contribution in [-0.4, -0.2) is 27.6 Å². The van der Waals surface area contributed by atoms with Gasteiger partial charge in [-0.1, -0.05) is 13.8 Å². The van der Waals surface area contributed by atoms with Gasteiger partial charge in [0.2, 0.25) is 0 Å². The molecule has 1 unspecified atom stereocenters. The molecule has 2 N–H and O–H groups in total. The minimum absolute atomic E-state index is 0.215. The number of aliphatic hydroxyl groups is 2. The van der Waals surface area contributed by atoms with Crippen LogP contribution >= 0.6 is 11.8 Å². The fourth-order valence-corrected chi connectivity index (χ4v) is 2.05. The van der Waals surface area contributed by atoms with Gasteiger partial charge in [0, 0.05) is 23.5 Å². The van der Waals surface area contributed by atoms with E-state index < -0.39 is 6.10 Å². The van der Waals surface area contributed by atoms with Crippen molar-refractivity contribution < 1.29 is 10.2 Å². The Kier molecular flexibility index (Phi) is 5.80. The summed E-state index contributed by atoms with van der Waals surface area (Å²) < 4.78 is 0. The smallest absolute Gasteiger partial charge is 0.0957 e. The summed E-state index contributed by atoms with van der Waals surface area (Å²) in [6.07, 6.45) is 2.00. The maximum Gasteiger partial charge on any atom is 0.0957 e. The average molecular weight is 241 g/mol. The highest BCUT2D eigenvalue weighted by atomic mass is 32.2. The minimum Gasteiger partial charge on any atom is -0.396 e. The average Bonchev–Trinajstić information content (AvgIpc) is 2.35. The highest BCUT2D eigenvalue weighted by Gasteiger charge is 2.06. The molecule has 2 atom stereocenters. The van der Waals surface area contributed by atoms with Crippen LogP contribution in [0.2, 0.25) is 0 Å². The van der Waals surface area contributed by atoms with E-state index in [4.69, 9.17) is 5.11 Å². The van der Waals surface area contributed by atoms with Crippen molar-refractivity contribution in [3.8, 4) is 0 Å².